The summed E-state index contributed by atoms with van der Waals surface area (Å²) in [5.74, 6) is 3.17. The third-order valence-corrected chi connectivity index (χ3v) is 3.15. The maximum atomic E-state index is 3.95. The van der Waals surface area contributed by atoms with Crippen molar-refractivity contribution in [3.8, 4) is 0 Å². The Hall–Kier alpha value is 0.0500. The Morgan fingerprint density at radius 2 is 2.00 bits per heavy atom. The number of hydrogen-bond donors (Lipinski definition) is 1. The summed E-state index contributed by atoms with van der Waals surface area (Å²) in [7, 11) is 2.00. The quantitative estimate of drug-likeness (QED) is 0.641. The largest absolute Gasteiger partial charge is 0.313 e. The molecule has 1 nitrogen and oxygen atoms in total. The van der Waals surface area contributed by atoms with Crippen LogP contribution in [0.4, 0.5) is 0 Å². The van der Waals surface area contributed by atoms with E-state index in [-0.39, 0.29) is 0 Å². The highest BCUT2D eigenvalue weighted by Crippen LogP contribution is 2.11. The lowest BCUT2D eigenvalue weighted by molar-refractivity contribution is 0.699. The average Bonchev–Trinajstić information content (AvgIpc) is 1.96. The predicted octanol–water partition coefficient (Wildman–Crippen LogP) is 2.54. The smallest absolute Gasteiger partial charge is 0.0363 e. The molecule has 0 aliphatic carbocycles. The van der Waals surface area contributed by atoms with Gasteiger partial charge in [-0.1, -0.05) is 26.0 Å². The number of nitrogens with one attached hydrogen (secondary N) is 1. The van der Waals surface area contributed by atoms with Crippen molar-refractivity contribution < 1.29 is 0 Å². The first-order valence-electron chi connectivity index (χ1n) is 4.48. The maximum Gasteiger partial charge on any atom is 0.0363 e. The third-order valence-electron chi connectivity index (χ3n) is 1.68. The van der Waals surface area contributed by atoms with Crippen LogP contribution in [0.1, 0.15) is 20.8 Å². The van der Waals surface area contributed by atoms with Crippen molar-refractivity contribution in [2.75, 3.05) is 18.6 Å². The first-order valence-corrected chi connectivity index (χ1v) is 5.63. The van der Waals surface area contributed by atoms with Gasteiger partial charge < -0.3 is 5.32 Å². The van der Waals surface area contributed by atoms with Crippen LogP contribution >= 0.6 is 11.8 Å². The first-order chi connectivity index (χ1) is 5.57. The van der Waals surface area contributed by atoms with Gasteiger partial charge in [-0.25, -0.2) is 0 Å². The number of likely N-dealkylation sites (N-methyl/N-ethyl adjacent to an activating group) is 1. The second-order valence-corrected chi connectivity index (χ2v) is 4.69. The van der Waals surface area contributed by atoms with E-state index in [4.69, 9.17) is 0 Å². The molecule has 0 amide bonds. The minimum absolute atomic E-state index is 0.480. The fourth-order valence-corrected chi connectivity index (χ4v) is 2.19. The van der Waals surface area contributed by atoms with E-state index in [1.54, 1.807) is 0 Å². The van der Waals surface area contributed by atoms with Gasteiger partial charge in [0.15, 0.2) is 0 Å². The van der Waals surface area contributed by atoms with Crippen LogP contribution in [-0.4, -0.2) is 24.6 Å². The van der Waals surface area contributed by atoms with Gasteiger partial charge in [0, 0.05) is 11.8 Å². The van der Waals surface area contributed by atoms with Crippen molar-refractivity contribution in [3.05, 3.63) is 12.2 Å². The Kier molecular flexibility index (Phi) is 6.58. The molecule has 72 valence electrons. The SMILES string of the molecule is C=C(C)C(CSCC(C)C)NC. The Balaban J connectivity index is 3.52. The molecule has 0 aromatic carbocycles. The van der Waals surface area contributed by atoms with Crippen molar-refractivity contribution in [2.24, 2.45) is 5.92 Å². The van der Waals surface area contributed by atoms with E-state index in [0.29, 0.717) is 6.04 Å². The number of hydrogen-bond acceptors (Lipinski definition) is 2. The molecule has 2 heteroatoms. The highest BCUT2D eigenvalue weighted by Gasteiger charge is 2.06. The van der Waals surface area contributed by atoms with Crippen molar-refractivity contribution in [1.29, 1.82) is 0 Å². The van der Waals surface area contributed by atoms with Gasteiger partial charge in [-0.2, -0.15) is 11.8 Å². The lowest BCUT2D eigenvalue weighted by Crippen LogP contribution is -2.28. The summed E-state index contributed by atoms with van der Waals surface area (Å²) >= 11 is 2.00. The van der Waals surface area contributed by atoms with Crippen LogP contribution in [0.3, 0.4) is 0 Å². The minimum atomic E-state index is 0.480. The standard InChI is InChI=1S/C10H21NS/c1-8(2)6-12-7-10(11-5)9(3)4/h8,10-11H,3,6-7H2,1-2,4-5H3. The molecule has 0 spiro atoms. The van der Waals surface area contributed by atoms with Gasteiger partial charge in [-0.3, -0.25) is 0 Å². The minimum Gasteiger partial charge on any atom is -0.313 e. The Bertz CT molecular complexity index is 132. The molecule has 0 aliphatic heterocycles. The molecule has 12 heavy (non-hydrogen) atoms. The monoisotopic (exact) mass is 187 g/mol. The van der Waals surface area contributed by atoms with Gasteiger partial charge in [-0.15, -0.1) is 0 Å². The van der Waals surface area contributed by atoms with Gasteiger partial charge in [0.05, 0.1) is 0 Å². The first kappa shape index (κ1) is 12.0. The van der Waals surface area contributed by atoms with Gasteiger partial charge in [0.1, 0.15) is 0 Å². The van der Waals surface area contributed by atoms with Gasteiger partial charge in [0.25, 0.3) is 0 Å². The summed E-state index contributed by atoms with van der Waals surface area (Å²) in [5.41, 5.74) is 1.23. The lowest BCUT2D eigenvalue weighted by Gasteiger charge is -2.16. The summed E-state index contributed by atoms with van der Waals surface area (Å²) in [4.78, 5) is 0. The van der Waals surface area contributed by atoms with E-state index >= 15 is 0 Å². The Morgan fingerprint density at radius 1 is 1.42 bits per heavy atom. The van der Waals surface area contributed by atoms with Gasteiger partial charge in [0.2, 0.25) is 0 Å². The molecule has 0 aliphatic rings. The Morgan fingerprint density at radius 3 is 2.33 bits per heavy atom. The summed E-state index contributed by atoms with van der Waals surface area (Å²) in [5, 5.41) is 3.25. The number of thioether (sulfide) groups is 1. The molecule has 0 rings (SSSR count). The zero-order chi connectivity index (χ0) is 9.56. The van der Waals surface area contributed by atoms with Crippen LogP contribution in [0.5, 0.6) is 0 Å². The zero-order valence-corrected chi connectivity index (χ0v) is 9.50. The third kappa shape index (κ3) is 5.67. The van der Waals surface area contributed by atoms with E-state index in [1.165, 1.54) is 11.3 Å². The fourth-order valence-electron chi connectivity index (χ4n) is 0.894. The van der Waals surface area contributed by atoms with Crippen molar-refractivity contribution in [2.45, 2.75) is 26.8 Å². The summed E-state index contributed by atoms with van der Waals surface area (Å²) in [6.07, 6.45) is 0. The number of rotatable bonds is 6. The second kappa shape index (κ2) is 6.55. The summed E-state index contributed by atoms with van der Waals surface area (Å²) < 4.78 is 0. The van der Waals surface area contributed by atoms with Crippen LogP contribution in [-0.2, 0) is 0 Å². The summed E-state index contributed by atoms with van der Waals surface area (Å²) in [6, 6.07) is 0.480. The molecule has 0 bridgehead atoms. The normalized spacial score (nSPS) is 13.4. The molecular formula is C10H21NS. The molecule has 0 saturated carbocycles. The van der Waals surface area contributed by atoms with Crippen LogP contribution in [0.25, 0.3) is 0 Å². The molecule has 0 aromatic heterocycles. The second-order valence-electron chi connectivity index (χ2n) is 3.62. The van der Waals surface area contributed by atoms with E-state index in [9.17, 15) is 0 Å². The van der Waals surface area contributed by atoms with Crippen molar-refractivity contribution in [1.82, 2.24) is 5.32 Å². The lowest BCUT2D eigenvalue weighted by atomic mass is 10.2. The molecule has 1 N–H and O–H groups in total. The fraction of sp³-hybridized carbons (Fsp3) is 0.800. The van der Waals surface area contributed by atoms with Crippen molar-refractivity contribution >= 4 is 11.8 Å². The van der Waals surface area contributed by atoms with Crippen LogP contribution in [0.2, 0.25) is 0 Å². The van der Waals surface area contributed by atoms with E-state index in [1.807, 2.05) is 18.8 Å². The molecule has 1 atom stereocenters. The van der Waals surface area contributed by atoms with Crippen LogP contribution in [0.15, 0.2) is 12.2 Å². The highest BCUT2D eigenvalue weighted by molar-refractivity contribution is 7.99. The van der Waals surface area contributed by atoms with Gasteiger partial charge in [-0.05, 0) is 25.6 Å². The highest BCUT2D eigenvalue weighted by atomic mass is 32.2. The topological polar surface area (TPSA) is 12.0 Å². The van der Waals surface area contributed by atoms with Crippen LogP contribution in [0, 0.1) is 5.92 Å². The molecular weight excluding hydrogens is 166 g/mol. The molecule has 1 unspecified atom stereocenters. The zero-order valence-electron chi connectivity index (χ0n) is 8.68. The van der Waals surface area contributed by atoms with Gasteiger partial charge >= 0.3 is 0 Å². The molecule has 0 aromatic rings. The molecule has 0 radical (unpaired) electrons. The van der Waals surface area contributed by atoms with E-state index in [2.05, 4.69) is 32.7 Å². The molecule has 0 fully saturated rings. The average molecular weight is 187 g/mol. The maximum absolute atomic E-state index is 3.95. The van der Waals surface area contributed by atoms with E-state index < -0.39 is 0 Å². The summed E-state index contributed by atoms with van der Waals surface area (Å²) in [6.45, 7) is 10.5. The predicted molar refractivity (Wildman–Crippen MR) is 59.8 cm³/mol. The van der Waals surface area contributed by atoms with Crippen LogP contribution < -0.4 is 5.32 Å². The van der Waals surface area contributed by atoms with Crippen molar-refractivity contribution in [3.63, 3.8) is 0 Å². The molecule has 0 heterocycles. The Labute approximate surface area is 81.0 Å². The molecule has 0 saturated heterocycles. The van der Waals surface area contributed by atoms with E-state index in [0.717, 1.165) is 11.7 Å².